The van der Waals surface area contributed by atoms with Crippen LogP contribution in [0, 0.1) is 0 Å². The Labute approximate surface area is 205 Å². The summed E-state index contributed by atoms with van der Waals surface area (Å²) in [5, 5.41) is 0.574. The summed E-state index contributed by atoms with van der Waals surface area (Å²) in [5.41, 5.74) is 0.0148. The molecule has 35 heavy (non-hydrogen) atoms. The Hall–Kier alpha value is -3.41. The molecular weight excluding hydrogens is 491 g/mol. The number of hydrazine groups is 1. The van der Waals surface area contributed by atoms with Crippen molar-refractivity contribution in [1.82, 2.24) is 25.3 Å². The highest BCUT2D eigenvalue weighted by atomic mass is 35.5. The SMILES string of the molecule is CC(c1nccnc1C(=O)NN(C)C(=O)OC(C)(C)C)N(C)C(=O)c1cc(Cl)cc(C(F)(F)F)c1. The van der Waals surface area contributed by atoms with E-state index < -0.39 is 41.3 Å². The van der Waals surface area contributed by atoms with E-state index in [1.165, 1.54) is 33.4 Å². The lowest BCUT2D eigenvalue weighted by Gasteiger charge is -2.27. The first-order chi connectivity index (χ1) is 16.0. The number of amides is 3. The molecule has 1 N–H and O–H groups in total. The van der Waals surface area contributed by atoms with Crippen LogP contribution in [0.3, 0.4) is 0 Å². The van der Waals surface area contributed by atoms with Crippen LogP contribution in [-0.4, -0.2) is 57.5 Å². The molecule has 1 heterocycles. The molecule has 1 aromatic heterocycles. The van der Waals surface area contributed by atoms with E-state index in [2.05, 4.69) is 15.4 Å². The van der Waals surface area contributed by atoms with Crippen LogP contribution in [0.5, 0.6) is 0 Å². The number of hydrogen-bond acceptors (Lipinski definition) is 6. The van der Waals surface area contributed by atoms with Crippen molar-refractivity contribution in [3.63, 3.8) is 0 Å². The van der Waals surface area contributed by atoms with Crippen molar-refractivity contribution in [2.24, 2.45) is 0 Å². The molecule has 0 aliphatic carbocycles. The summed E-state index contributed by atoms with van der Waals surface area (Å²) >= 11 is 5.79. The Morgan fingerprint density at radius 1 is 1.06 bits per heavy atom. The van der Waals surface area contributed by atoms with Gasteiger partial charge in [0.2, 0.25) is 0 Å². The molecule has 0 spiro atoms. The molecule has 1 aromatic carbocycles. The number of aromatic nitrogens is 2. The third-order valence-electron chi connectivity index (χ3n) is 4.65. The van der Waals surface area contributed by atoms with Gasteiger partial charge in [-0.3, -0.25) is 20.0 Å². The van der Waals surface area contributed by atoms with Crippen LogP contribution in [0.2, 0.25) is 5.02 Å². The van der Waals surface area contributed by atoms with Crippen molar-refractivity contribution in [3.05, 3.63) is 58.1 Å². The summed E-state index contributed by atoms with van der Waals surface area (Å²) in [5.74, 6) is -1.59. The zero-order valence-corrected chi connectivity index (χ0v) is 20.7. The normalized spacial score (nSPS) is 12.5. The molecule has 0 aliphatic rings. The van der Waals surface area contributed by atoms with Crippen LogP contribution in [0.25, 0.3) is 0 Å². The predicted molar refractivity (Wildman–Crippen MR) is 120 cm³/mol. The van der Waals surface area contributed by atoms with E-state index in [0.717, 1.165) is 16.0 Å². The van der Waals surface area contributed by atoms with Gasteiger partial charge in [0.15, 0.2) is 5.69 Å². The largest absolute Gasteiger partial charge is 0.442 e. The Morgan fingerprint density at radius 3 is 2.23 bits per heavy atom. The molecule has 1 unspecified atom stereocenters. The lowest BCUT2D eigenvalue weighted by Crippen LogP contribution is -2.46. The summed E-state index contributed by atoms with van der Waals surface area (Å²) in [7, 11) is 2.61. The molecule has 0 bridgehead atoms. The Morgan fingerprint density at radius 2 is 1.66 bits per heavy atom. The van der Waals surface area contributed by atoms with E-state index in [0.29, 0.717) is 12.1 Å². The van der Waals surface area contributed by atoms with Gasteiger partial charge in [0.05, 0.1) is 17.3 Å². The first-order valence-electron chi connectivity index (χ1n) is 10.2. The highest BCUT2D eigenvalue weighted by Gasteiger charge is 2.33. The quantitative estimate of drug-likeness (QED) is 0.601. The smallest absolute Gasteiger partial charge is 0.428 e. The van der Waals surface area contributed by atoms with Gasteiger partial charge in [0.1, 0.15) is 5.60 Å². The molecule has 2 aromatic rings. The molecule has 0 saturated carbocycles. The van der Waals surface area contributed by atoms with Crippen molar-refractivity contribution < 1.29 is 32.3 Å². The lowest BCUT2D eigenvalue weighted by molar-refractivity contribution is -0.137. The summed E-state index contributed by atoms with van der Waals surface area (Å²) in [6.45, 7) is 6.50. The predicted octanol–water partition coefficient (Wildman–Crippen LogP) is 4.49. The van der Waals surface area contributed by atoms with Crippen LogP contribution in [0.4, 0.5) is 18.0 Å². The Balaban J connectivity index is 2.28. The van der Waals surface area contributed by atoms with Gasteiger partial charge < -0.3 is 9.64 Å². The van der Waals surface area contributed by atoms with Gasteiger partial charge >= 0.3 is 12.3 Å². The first kappa shape index (κ1) is 27.8. The van der Waals surface area contributed by atoms with E-state index in [1.807, 2.05) is 0 Å². The zero-order chi connectivity index (χ0) is 26.7. The van der Waals surface area contributed by atoms with Gasteiger partial charge in [0.25, 0.3) is 11.8 Å². The summed E-state index contributed by atoms with van der Waals surface area (Å²) in [4.78, 5) is 47.1. The molecule has 0 saturated heterocycles. The fourth-order valence-corrected chi connectivity index (χ4v) is 3.09. The highest BCUT2D eigenvalue weighted by Crippen LogP contribution is 2.32. The molecule has 0 radical (unpaired) electrons. The van der Waals surface area contributed by atoms with E-state index in [-0.39, 0.29) is 22.0 Å². The van der Waals surface area contributed by atoms with E-state index in [1.54, 1.807) is 20.8 Å². The number of ether oxygens (including phenoxy) is 1. The average Bonchev–Trinajstić information content (AvgIpc) is 2.75. The van der Waals surface area contributed by atoms with Crippen molar-refractivity contribution in [2.45, 2.75) is 45.5 Å². The molecule has 2 rings (SSSR count). The van der Waals surface area contributed by atoms with Crippen molar-refractivity contribution >= 4 is 29.5 Å². The first-order valence-corrected chi connectivity index (χ1v) is 10.6. The average molecular weight is 516 g/mol. The van der Waals surface area contributed by atoms with Gasteiger partial charge in [-0.15, -0.1) is 0 Å². The number of halogens is 4. The monoisotopic (exact) mass is 515 g/mol. The molecule has 0 fully saturated rings. The van der Waals surface area contributed by atoms with E-state index in [4.69, 9.17) is 16.3 Å². The second-order valence-electron chi connectivity index (χ2n) is 8.59. The Kier molecular flexibility index (Phi) is 8.32. The van der Waals surface area contributed by atoms with Crippen LogP contribution in [0.1, 0.15) is 65.8 Å². The van der Waals surface area contributed by atoms with Crippen molar-refractivity contribution in [2.75, 3.05) is 14.1 Å². The summed E-state index contributed by atoms with van der Waals surface area (Å²) in [6.07, 6.45) is -2.98. The minimum atomic E-state index is -4.69. The van der Waals surface area contributed by atoms with Gasteiger partial charge in [-0.1, -0.05) is 11.6 Å². The molecular formula is C22H25ClF3N5O4. The third kappa shape index (κ3) is 7.28. The molecule has 1 atom stereocenters. The molecule has 0 aliphatic heterocycles. The fraction of sp³-hybridized carbons (Fsp3) is 0.409. The summed E-state index contributed by atoms with van der Waals surface area (Å²) < 4.78 is 44.6. The van der Waals surface area contributed by atoms with Gasteiger partial charge in [-0.25, -0.2) is 14.8 Å². The highest BCUT2D eigenvalue weighted by molar-refractivity contribution is 6.31. The van der Waals surface area contributed by atoms with Gasteiger partial charge in [-0.2, -0.15) is 13.2 Å². The van der Waals surface area contributed by atoms with Crippen LogP contribution in [0.15, 0.2) is 30.6 Å². The van der Waals surface area contributed by atoms with Crippen LogP contribution in [-0.2, 0) is 10.9 Å². The number of benzene rings is 1. The van der Waals surface area contributed by atoms with Gasteiger partial charge in [0, 0.05) is 37.1 Å². The van der Waals surface area contributed by atoms with Crippen molar-refractivity contribution in [3.8, 4) is 0 Å². The lowest BCUT2D eigenvalue weighted by atomic mass is 10.1. The second kappa shape index (κ2) is 10.5. The number of alkyl halides is 3. The molecule has 3 amide bonds. The topological polar surface area (TPSA) is 105 Å². The van der Waals surface area contributed by atoms with Crippen molar-refractivity contribution in [1.29, 1.82) is 0 Å². The number of nitrogens with one attached hydrogen (secondary N) is 1. The standard InChI is InChI=1S/C22H25ClF3N5O4/c1-12(30(5)19(33)13-9-14(22(24,25)26)11-15(23)10-13)16-17(28-8-7-27-16)18(32)29-31(6)20(34)35-21(2,3)4/h7-12H,1-6H3,(H,29,32). The zero-order valence-electron chi connectivity index (χ0n) is 19.9. The number of nitrogens with zero attached hydrogens (tertiary/aromatic N) is 4. The number of rotatable bonds is 4. The van der Waals surface area contributed by atoms with Gasteiger partial charge in [-0.05, 0) is 45.9 Å². The minimum absolute atomic E-state index is 0.0523. The maximum atomic E-state index is 13.1. The number of carbonyl (C=O) groups is 3. The van der Waals surface area contributed by atoms with E-state index >= 15 is 0 Å². The van der Waals surface area contributed by atoms with E-state index in [9.17, 15) is 27.6 Å². The fourth-order valence-electron chi connectivity index (χ4n) is 2.85. The molecule has 190 valence electrons. The van der Waals surface area contributed by atoms with Crippen LogP contribution >= 0.6 is 11.6 Å². The maximum Gasteiger partial charge on any atom is 0.428 e. The maximum absolute atomic E-state index is 13.1. The number of hydrogen-bond donors (Lipinski definition) is 1. The second-order valence-corrected chi connectivity index (χ2v) is 9.03. The Bertz CT molecular complexity index is 1120. The van der Waals surface area contributed by atoms with Crippen LogP contribution < -0.4 is 5.43 Å². The molecule has 9 nitrogen and oxygen atoms in total. The molecule has 13 heteroatoms. The number of carbonyl (C=O) groups excluding carboxylic acids is 3. The third-order valence-corrected chi connectivity index (χ3v) is 4.87. The summed E-state index contributed by atoms with van der Waals surface area (Å²) in [6, 6.07) is 1.63. The minimum Gasteiger partial charge on any atom is -0.442 e.